The zero-order valence-electron chi connectivity index (χ0n) is 15.4. The maximum absolute atomic E-state index is 12.7. The fourth-order valence-electron chi connectivity index (χ4n) is 2.77. The first-order valence-corrected chi connectivity index (χ1v) is 9.63. The number of rotatable bonds is 5. The third kappa shape index (κ3) is 4.64. The van der Waals surface area contributed by atoms with Gasteiger partial charge in [-0.1, -0.05) is 87.1 Å². The Balaban J connectivity index is 1.84. The molecule has 134 valence electrons. The summed E-state index contributed by atoms with van der Waals surface area (Å²) in [6.07, 6.45) is 5.50. The minimum absolute atomic E-state index is 0.0333. The largest absolute Gasteiger partial charge is 0.336 e. The molecule has 3 rings (SSSR count). The van der Waals surface area contributed by atoms with Crippen LogP contribution in [-0.4, -0.2) is 14.7 Å². The van der Waals surface area contributed by atoms with Crippen LogP contribution in [0.3, 0.4) is 0 Å². The van der Waals surface area contributed by atoms with Gasteiger partial charge >= 0.3 is 0 Å². The van der Waals surface area contributed by atoms with Gasteiger partial charge in [0, 0.05) is 24.5 Å². The molecule has 1 heterocycles. The molecular formula is C22H24N2OS. The molecule has 0 fully saturated rings. The molecule has 0 aliphatic rings. The number of hydrogen-bond acceptors (Lipinski definition) is 3. The quantitative estimate of drug-likeness (QED) is 0.600. The monoisotopic (exact) mass is 364 g/mol. The normalized spacial score (nSPS) is 12.7. The molecule has 1 atom stereocenters. The van der Waals surface area contributed by atoms with Gasteiger partial charge < -0.3 is 4.57 Å². The Morgan fingerprint density at radius 1 is 1.08 bits per heavy atom. The van der Waals surface area contributed by atoms with Crippen molar-refractivity contribution >= 4 is 16.9 Å². The van der Waals surface area contributed by atoms with Crippen LogP contribution in [0.25, 0.3) is 0 Å². The lowest BCUT2D eigenvalue weighted by atomic mass is 9.86. The molecule has 0 aliphatic carbocycles. The Morgan fingerprint density at radius 3 is 2.35 bits per heavy atom. The van der Waals surface area contributed by atoms with Crippen LogP contribution in [0.1, 0.15) is 47.5 Å². The molecule has 0 amide bonds. The molecule has 3 aromatic rings. The molecule has 0 saturated heterocycles. The summed E-state index contributed by atoms with van der Waals surface area (Å²) in [5.41, 5.74) is 3.30. The van der Waals surface area contributed by atoms with E-state index in [9.17, 15) is 4.79 Å². The summed E-state index contributed by atoms with van der Waals surface area (Å²) in [6.45, 7) is 7.33. The van der Waals surface area contributed by atoms with E-state index in [2.05, 4.69) is 50.0 Å². The molecule has 0 aliphatic heterocycles. The van der Waals surface area contributed by atoms with Gasteiger partial charge in [-0.25, -0.2) is 4.98 Å². The van der Waals surface area contributed by atoms with Crippen molar-refractivity contribution in [3.63, 3.8) is 0 Å². The highest BCUT2D eigenvalue weighted by molar-refractivity contribution is 8.14. The van der Waals surface area contributed by atoms with Crippen molar-refractivity contribution in [3.8, 4) is 0 Å². The number of carbonyl (C=O) groups excluding carboxylic acids is 1. The van der Waals surface area contributed by atoms with E-state index >= 15 is 0 Å². The molecule has 0 spiro atoms. The molecule has 2 aromatic carbocycles. The predicted octanol–water partition coefficient (Wildman–Crippen LogP) is 5.50. The van der Waals surface area contributed by atoms with Crippen LogP contribution >= 0.6 is 11.8 Å². The lowest BCUT2D eigenvalue weighted by Crippen LogP contribution is -2.12. The number of imidazole rings is 1. The second kappa shape index (κ2) is 7.92. The van der Waals surface area contributed by atoms with Gasteiger partial charge in [0.25, 0.3) is 0 Å². The van der Waals surface area contributed by atoms with Gasteiger partial charge in [0.05, 0.1) is 11.6 Å². The molecule has 0 saturated carbocycles. The minimum atomic E-state index is 0.0333. The Morgan fingerprint density at radius 2 is 1.77 bits per heavy atom. The fourth-order valence-corrected chi connectivity index (χ4v) is 3.84. The Bertz CT molecular complexity index is 834. The molecule has 0 bridgehead atoms. The van der Waals surface area contributed by atoms with Gasteiger partial charge in [0.15, 0.2) is 0 Å². The molecule has 3 nitrogen and oxygen atoms in total. The number of nitrogens with zero attached hydrogens (tertiary/aromatic N) is 2. The lowest BCUT2D eigenvalue weighted by molar-refractivity contribution is 0.108. The molecule has 1 unspecified atom stereocenters. The van der Waals surface area contributed by atoms with Gasteiger partial charge in [-0.3, -0.25) is 4.79 Å². The Labute approximate surface area is 159 Å². The summed E-state index contributed by atoms with van der Waals surface area (Å²) in [4.78, 5) is 16.8. The smallest absolute Gasteiger partial charge is 0.220 e. The summed E-state index contributed by atoms with van der Waals surface area (Å²) < 4.78 is 2.02. The Hall–Kier alpha value is -2.33. The van der Waals surface area contributed by atoms with Crippen LogP contribution in [0, 0.1) is 0 Å². The summed E-state index contributed by atoms with van der Waals surface area (Å²) in [6, 6.07) is 18.1. The van der Waals surface area contributed by atoms with Crippen molar-refractivity contribution in [2.45, 2.75) is 38.0 Å². The van der Waals surface area contributed by atoms with Crippen LogP contribution < -0.4 is 0 Å². The lowest BCUT2D eigenvalue weighted by Gasteiger charge is -2.21. The highest BCUT2D eigenvalue weighted by Crippen LogP contribution is 2.34. The van der Waals surface area contributed by atoms with Gasteiger partial charge in [-0.15, -0.1) is 0 Å². The maximum Gasteiger partial charge on any atom is 0.220 e. The second-order valence-electron chi connectivity index (χ2n) is 7.39. The van der Waals surface area contributed by atoms with Gasteiger partial charge in [0.2, 0.25) is 5.12 Å². The summed E-state index contributed by atoms with van der Waals surface area (Å²) >= 11 is 1.37. The SMILES string of the molecule is CC(C)(C)c1ccc(C(Cn2ccnc2)SC(=O)c2ccccc2)cc1. The molecule has 1 aromatic heterocycles. The standard InChI is InChI=1S/C22H24N2OS/c1-22(2,3)19-11-9-17(10-12-19)20(15-24-14-13-23-16-24)26-21(25)18-7-5-4-6-8-18/h4-14,16,20H,15H2,1-3H3. The van der Waals surface area contributed by atoms with Crippen molar-refractivity contribution in [1.82, 2.24) is 9.55 Å². The first-order valence-electron chi connectivity index (χ1n) is 8.76. The van der Waals surface area contributed by atoms with Crippen molar-refractivity contribution in [1.29, 1.82) is 0 Å². The number of thioether (sulfide) groups is 1. The van der Waals surface area contributed by atoms with E-state index < -0.39 is 0 Å². The van der Waals surface area contributed by atoms with E-state index in [0.29, 0.717) is 6.54 Å². The van der Waals surface area contributed by atoms with E-state index in [-0.39, 0.29) is 15.8 Å². The third-order valence-corrected chi connectivity index (χ3v) is 5.50. The van der Waals surface area contributed by atoms with Crippen molar-refractivity contribution in [2.24, 2.45) is 0 Å². The van der Waals surface area contributed by atoms with E-state index in [1.54, 1.807) is 12.5 Å². The first-order chi connectivity index (χ1) is 12.4. The van der Waals surface area contributed by atoms with E-state index in [4.69, 9.17) is 0 Å². The number of aromatic nitrogens is 2. The van der Waals surface area contributed by atoms with Gasteiger partial charge in [-0.05, 0) is 16.5 Å². The first kappa shape index (κ1) is 18.5. The zero-order valence-corrected chi connectivity index (χ0v) is 16.2. The maximum atomic E-state index is 12.7. The average molecular weight is 365 g/mol. The van der Waals surface area contributed by atoms with Crippen molar-refractivity contribution in [3.05, 3.63) is 90.0 Å². The Kier molecular flexibility index (Phi) is 5.62. The molecule has 0 N–H and O–H groups in total. The second-order valence-corrected chi connectivity index (χ2v) is 8.57. The molecule has 26 heavy (non-hydrogen) atoms. The zero-order chi connectivity index (χ0) is 18.6. The van der Waals surface area contributed by atoms with E-state index in [1.165, 1.54) is 17.3 Å². The highest BCUT2D eigenvalue weighted by atomic mass is 32.2. The number of hydrogen-bond donors (Lipinski definition) is 0. The summed E-state index contributed by atoms with van der Waals surface area (Å²) in [7, 11) is 0. The predicted molar refractivity (Wildman–Crippen MR) is 108 cm³/mol. The fraction of sp³-hybridized carbons (Fsp3) is 0.273. The summed E-state index contributed by atoms with van der Waals surface area (Å²) in [5, 5.41) is 0.126. The average Bonchev–Trinajstić information content (AvgIpc) is 3.14. The van der Waals surface area contributed by atoms with Crippen LogP contribution in [0.2, 0.25) is 0 Å². The molecule has 4 heteroatoms. The van der Waals surface area contributed by atoms with Crippen molar-refractivity contribution in [2.75, 3.05) is 0 Å². The number of benzene rings is 2. The topological polar surface area (TPSA) is 34.9 Å². The van der Waals surface area contributed by atoms with Gasteiger partial charge in [-0.2, -0.15) is 0 Å². The molecular weight excluding hydrogens is 340 g/mol. The summed E-state index contributed by atoms with van der Waals surface area (Å²) in [5.74, 6) is 0. The van der Waals surface area contributed by atoms with Crippen LogP contribution in [0.15, 0.2) is 73.3 Å². The van der Waals surface area contributed by atoms with Crippen LogP contribution in [-0.2, 0) is 12.0 Å². The van der Waals surface area contributed by atoms with Crippen molar-refractivity contribution < 1.29 is 4.79 Å². The minimum Gasteiger partial charge on any atom is -0.336 e. The third-order valence-electron chi connectivity index (χ3n) is 4.34. The van der Waals surface area contributed by atoms with E-state index in [0.717, 1.165) is 11.1 Å². The van der Waals surface area contributed by atoms with E-state index in [1.807, 2.05) is 41.1 Å². The van der Waals surface area contributed by atoms with Crippen LogP contribution in [0.4, 0.5) is 0 Å². The number of carbonyl (C=O) groups is 1. The van der Waals surface area contributed by atoms with Crippen LogP contribution in [0.5, 0.6) is 0 Å². The highest BCUT2D eigenvalue weighted by Gasteiger charge is 2.20. The molecule has 0 radical (unpaired) electrons. The van der Waals surface area contributed by atoms with Gasteiger partial charge in [0.1, 0.15) is 0 Å².